The molecule has 0 aliphatic rings. The van der Waals surface area contributed by atoms with Crippen molar-refractivity contribution in [1.29, 1.82) is 0 Å². The van der Waals surface area contributed by atoms with Crippen molar-refractivity contribution < 1.29 is 10.0 Å². The molecule has 0 radical (unpaired) electrons. The van der Waals surface area contributed by atoms with Gasteiger partial charge in [-0.05, 0) is 32.9 Å². The van der Waals surface area contributed by atoms with Crippen molar-refractivity contribution in [3.05, 3.63) is 34.9 Å². The number of benzene rings is 1. The highest BCUT2D eigenvalue weighted by atomic mass is 35.5. The van der Waals surface area contributed by atoms with Crippen LogP contribution >= 0.6 is 11.6 Å². The lowest BCUT2D eigenvalue weighted by atomic mass is 10.0. The maximum atomic E-state index is 12.0. The quantitative estimate of drug-likeness (QED) is 0.651. The lowest BCUT2D eigenvalue weighted by molar-refractivity contribution is -0.134. The number of hydrogen-bond acceptors (Lipinski definition) is 3. The SMILES string of the molecule is CC(C)N(O)C(C)C(=O)c1ccccc1Cl. The zero-order valence-electron chi connectivity index (χ0n) is 9.64. The lowest BCUT2D eigenvalue weighted by Gasteiger charge is -2.25. The Balaban J connectivity index is 2.91. The highest BCUT2D eigenvalue weighted by Gasteiger charge is 2.24. The van der Waals surface area contributed by atoms with E-state index in [0.717, 1.165) is 5.06 Å². The van der Waals surface area contributed by atoms with E-state index in [-0.39, 0.29) is 11.8 Å². The van der Waals surface area contributed by atoms with Gasteiger partial charge in [-0.2, -0.15) is 5.06 Å². The molecule has 0 aliphatic carbocycles. The van der Waals surface area contributed by atoms with Gasteiger partial charge in [0, 0.05) is 11.6 Å². The average Bonchev–Trinajstić information content (AvgIpc) is 2.26. The van der Waals surface area contributed by atoms with Crippen molar-refractivity contribution in [3.8, 4) is 0 Å². The third kappa shape index (κ3) is 2.82. The van der Waals surface area contributed by atoms with E-state index in [2.05, 4.69) is 0 Å². The maximum absolute atomic E-state index is 12.0. The van der Waals surface area contributed by atoms with E-state index in [4.69, 9.17) is 11.6 Å². The fraction of sp³-hybridized carbons (Fsp3) is 0.417. The van der Waals surface area contributed by atoms with Gasteiger partial charge in [0.2, 0.25) is 0 Å². The summed E-state index contributed by atoms with van der Waals surface area (Å²) in [6, 6.07) is 6.14. The summed E-state index contributed by atoms with van der Waals surface area (Å²) >= 11 is 5.93. The molecule has 0 aliphatic heterocycles. The van der Waals surface area contributed by atoms with Crippen molar-refractivity contribution in [2.45, 2.75) is 32.9 Å². The Bertz CT molecular complexity index is 379. The molecule has 1 atom stereocenters. The molecule has 0 fully saturated rings. The molecule has 1 aromatic carbocycles. The maximum Gasteiger partial charge on any atom is 0.183 e. The summed E-state index contributed by atoms with van der Waals surface area (Å²) in [5.41, 5.74) is 0.441. The first kappa shape index (κ1) is 13.2. The molecule has 0 saturated carbocycles. The monoisotopic (exact) mass is 241 g/mol. The van der Waals surface area contributed by atoms with Crippen LogP contribution < -0.4 is 0 Å². The Morgan fingerprint density at radius 3 is 2.38 bits per heavy atom. The summed E-state index contributed by atoms with van der Waals surface area (Å²) < 4.78 is 0. The third-order valence-electron chi connectivity index (χ3n) is 2.44. The lowest BCUT2D eigenvalue weighted by Crippen LogP contribution is -2.41. The van der Waals surface area contributed by atoms with Gasteiger partial charge in [0.1, 0.15) is 0 Å². The van der Waals surface area contributed by atoms with Crippen LogP contribution in [0, 0.1) is 0 Å². The molecule has 0 bridgehead atoms. The largest absolute Gasteiger partial charge is 0.313 e. The molecule has 0 amide bonds. The number of carbonyl (C=O) groups is 1. The summed E-state index contributed by atoms with van der Waals surface area (Å²) in [6.45, 7) is 5.29. The summed E-state index contributed by atoms with van der Waals surface area (Å²) in [4.78, 5) is 12.0. The predicted octanol–water partition coefficient (Wildman–Crippen LogP) is 3.01. The number of nitrogens with zero attached hydrogens (tertiary/aromatic N) is 1. The molecule has 16 heavy (non-hydrogen) atoms. The first-order chi connectivity index (χ1) is 7.45. The van der Waals surface area contributed by atoms with Gasteiger partial charge in [-0.1, -0.05) is 23.7 Å². The Hall–Kier alpha value is -0.900. The first-order valence-corrected chi connectivity index (χ1v) is 5.59. The summed E-state index contributed by atoms with van der Waals surface area (Å²) in [7, 11) is 0. The van der Waals surface area contributed by atoms with Crippen LogP contribution in [0.3, 0.4) is 0 Å². The van der Waals surface area contributed by atoms with Gasteiger partial charge in [0.15, 0.2) is 5.78 Å². The number of rotatable bonds is 4. The van der Waals surface area contributed by atoms with Gasteiger partial charge in [0.05, 0.1) is 11.1 Å². The van der Waals surface area contributed by atoms with E-state index in [1.54, 1.807) is 31.2 Å². The van der Waals surface area contributed by atoms with E-state index in [1.165, 1.54) is 0 Å². The van der Waals surface area contributed by atoms with Crippen LogP contribution in [0.5, 0.6) is 0 Å². The first-order valence-electron chi connectivity index (χ1n) is 5.21. The fourth-order valence-electron chi connectivity index (χ4n) is 1.45. The van der Waals surface area contributed by atoms with Crippen LogP contribution in [0.2, 0.25) is 5.02 Å². The summed E-state index contributed by atoms with van der Waals surface area (Å²) in [5.74, 6) is -0.179. The Kier molecular flexibility index (Phi) is 4.47. The van der Waals surface area contributed by atoms with E-state index < -0.39 is 6.04 Å². The summed E-state index contributed by atoms with van der Waals surface area (Å²) in [6.07, 6.45) is 0. The molecule has 0 saturated heterocycles. The average molecular weight is 242 g/mol. The molecule has 1 aromatic rings. The van der Waals surface area contributed by atoms with Gasteiger partial charge >= 0.3 is 0 Å². The van der Waals surface area contributed by atoms with E-state index >= 15 is 0 Å². The highest BCUT2D eigenvalue weighted by Crippen LogP contribution is 2.18. The molecular formula is C12H16ClNO2. The van der Waals surface area contributed by atoms with Crippen molar-refractivity contribution in [2.24, 2.45) is 0 Å². The number of carbonyl (C=O) groups excluding carboxylic acids is 1. The second-order valence-electron chi connectivity index (χ2n) is 3.99. The van der Waals surface area contributed by atoms with Crippen molar-refractivity contribution in [2.75, 3.05) is 0 Å². The number of hydrogen-bond donors (Lipinski definition) is 1. The molecule has 88 valence electrons. The molecule has 1 rings (SSSR count). The van der Waals surface area contributed by atoms with Crippen LogP contribution in [-0.2, 0) is 0 Å². The van der Waals surface area contributed by atoms with E-state index in [1.807, 2.05) is 13.8 Å². The predicted molar refractivity (Wildman–Crippen MR) is 64.0 cm³/mol. The zero-order chi connectivity index (χ0) is 12.3. The van der Waals surface area contributed by atoms with Crippen LogP contribution in [0.4, 0.5) is 0 Å². The Labute approximate surface area is 101 Å². The molecule has 4 heteroatoms. The smallest absolute Gasteiger partial charge is 0.183 e. The van der Waals surface area contributed by atoms with Crippen molar-refractivity contribution in [3.63, 3.8) is 0 Å². The number of halogens is 1. The second-order valence-corrected chi connectivity index (χ2v) is 4.40. The van der Waals surface area contributed by atoms with Crippen LogP contribution in [0.25, 0.3) is 0 Å². The van der Waals surface area contributed by atoms with Gasteiger partial charge in [-0.25, -0.2) is 0 Å². The van der Waals surface area contributed by atoms with Gasteiger partial charge in [0.25, 0.3) is 0 Å². The van der Waals surface area contributed by atoms with Gasteiger partial charge in [-0.15, -0.1) is 0 Å². The molecular weight excluding hydrogens is 226 g/mol. The second kappa shape index (κ2) is 5.43. The minimum atomic E-state index is -0.597. The number of ketones is 1. The molecule has 1 N–H and O–H groups in total. The molecule has 3 nitrogen and oxygen atoms in total. The van der Waals surface area contributed by atoms with Crippen LogP contribution in [-0.4, -0.2) is 28.1 Å². The minimum absolute atomic E-state index is 0.110. The topological polar surface area (TPSA) is 40.5 Å². The molecule has 0 heterocycles. The normalized spacial score (nSPS) is 13.2. The standard InChI is InChI=1S/C12H16ClNO2/c1-8(2)14(16)9(3)12(15)10-6-4-5-7-11(10)13/h4-9,16H,1-3H3. The van der Waals surface area contributed by atoms with Gasteiger partial charge < -0.3 is 5.21 Å². The Morgan fingerprint density at radius 1 is 1.31 bits per heavy atom. The van der Waals surface area contributed by atoms with E-state index in [9.17, 15) is 10.0 Å². The third-order valence-corrected chi connectivity index (χ3v) is 2.77. The van der Waals surface area contributed by atoms with E-state index in [0.29, 0.717) is 10.6 Å². The van der Waals surface area contributed by atoms with Gasteiger partial charge in [-0.3, -0.25) is 4.79 Å². The van der Waals surface area contributed by atoms with Crippen molar-refractivity contribution >= 4 is 17.4 Å². The van der Waals surface area contributed by atoms with Crippen LogP contribution in [0.1, 0.15) is 31.1 Å². The molecule has 0 aromatic heterocycles. The molecule has 1 unspecified atom stereocenters. The fourth-order valence-corrected chi connectivity index (χ4v) is 1.68. The Morgan fingerprint density at radius 2 is 1.88 bits per heavy atom. The number of Topliss-reactive ketones (excluding diaryl/α,β-unsaturated/α-hetero) is 1. The number of hydroxylamine groups is 2. The molecule has 0 spiro atoms. The summed E-state index contributed by atoms with van der Waals surface area (Å²) in [5, 5.41) is 11.1. The van der Waals surface area contributed by atoms with Crippen molar-refractivity contribution in [1.82, 2.24) is 5.06 Å². The van der Waals surface area contributed by atoms with Crippen LogP contribution in [0.15, 0.2) is 24.3 Å². The minimum Gasteiger partial charge on any atom is -0.313 e. The highest BCUT2D eigenvalue weighted by molar-refractivity contribution is 6.34. The zero-order valence-corrected chi connectivity index (χ0v) is 10.4.